The van der Waals surface area contributed by atoms with E-state index in [4.69, 9.17) is 9.47 Å². The fourth-order valence-electron chi connectivity index (χ4n) is 4.90. The molecule has 2 fully saturated rings. The fraction of sp³-hybridized carbons (Fsp3) is 0.815. The predicted octanol–water partition coefficient (Wildman–Crippen LogP) is 5.07. The lowest BCUT2D eigenvalue weighted by molar-refractivity contribution is -0.704. The van der Waals surface area contributed by atoms with Gasteiger partial charge in [0.2, 0.25) is 6.33 Å². The molecule has 0 bridgehead atoms. The highest BCUT2D eigenvalue weighted by molar-refractivity contribution is 5.76. The highest BCUT2D eigenvalue weighted by Crippen LogP contribution is 2.31. The Bertz CT molecular complexity index is 737. The highest BCUT2D eigenvalue weighted by Gasteiger charge is 2.35. The van der Waals surface area contributed by atoms with E-state index in [1.165, 1.54) is 12.8 Å². The summed E-state index contributed by atoms with van der Waals surface area (Å²) in [7, 11) is 0. The molecule has 1 aromatic rings. The van der Waals surface area contributed by atoms with Crippen LogP contribution in [0.4, 0.5) is 0 Å². The largest absolute Gasteiger partial charge is 0.462 e. The SMILES string of the molecule is CC(C)(C)C(=O)OC1CCCCC1Cn1cc[n+](CC2CCCCC2OC(=O)C(C)(C)C)c1. The highest BCUT2D eigenvalue weighted by atomic mass is 16.5. The first-order chi connectivity index (χ1) is 15.4. The van der Waals surface area contributed by atoms with E-state index in [1.807, 2.05) is 41.5 Å². The van der Waals surface area contributed by atoms with E-state index in [0.717, 1.165) is 51.6 Å². The van der Waals surface area contributed by atoms with Crippen molar-refractivity contribution in [1.82, 2.24) is 4.57 Å². The number of carbonyl (C=O) groups is 2. The second-order valence-corrected chi connectivity index (χ2v) is 12.3. The third kappa shape index (κ3) is 7.31. The van der Waals surface area contributed by atoms with Crippen LogP contribution in [0, 0.1) is 22.7 Å². The molecule has 186 valence electrons. The topological polar surface area (TPSA) is 61.4 Å². The first-order valence-corrected chi connectivity index (χ1v) is 12.9. The van der Waals surface area contributed by atoms with Crippen LogP contribution in [0.1, 0.15) is 92.9 Å². The van der Waals surface area contributed by atoms with Crippen LogP contribution in [-0.4, -0.2) is 28.7 Å². The number of esters is 2. The van der Waals surface area contributed by atoms with Crippen molar-refractivity contribution >= 4 is 11.9 Å². The first kappa shape index (κ1) is 25.8. The average Bonchev–Trinajstić information content (AvgIpc) is 3.16. The Balaban J connectivity index is 1.60. The van der Waals surface area contributed by atoms with Crippen LogP contribution >= 0.6 is 0 Å². The summed E-state index contributed by atoms with van der Waals surface area (Å²) in [6.45, 7) is 13.2. The summed E-state index contributed by atoms with van der Waals surface area (Å²) in [5, 5.41) is 0. The summed E-state index contributed by atoms with van der Waals surface area (Å²) in [6.07, 6.45) is 15.1. The van der Waals surface area contributed by atoms with Crippen molar-refractivity contribution in [2.75, 3.05) is 0 Å². The Morgan fingerprint density at radius 1 is 0.818 bits per heavy atom. The van der Waals surface area contributed by atoms with Crippen LogP contribution in [0.2, 0.25) is 0 Å². The summed E-state index contributed by atoms with van der Waals surface area (Å²) in [5.41, 5.74) is -0.934. The van der Waals surface area contributed by atoms with Crippen molar-refractivity contribution in [2.24, 2.45) is 22.7 Å². The van der Waals surface area contributed by atoms with Gasteiger partial charge >= 0.3 is 11.9 Å². The molecule has 6 heteroatoms. The van der Waals surface area contributed by atoms with Crippen LogP contribution < -0.4 is 4.57 Å². The van der Waals surface area contributed by atoms with Crippen molar-refractivity contribution in [1.29, 1.82) is 0 Å². The zero-order chi connectivity index (χ0) is 24.2. The van der Waals surface area contributed by atoms with Gasteiger partial charge in [0.1, 0.15) is 24.6 Å². The van der Waals surface area contributed by atoms with Crippen molar-refractivity contribution in [3.63, 3.8) is 0 Å². The molecule has 1 heterocycles. The summed E-state index contributed by atoms with van der Waals surface area (Å²) in [5.74, 6) is 0.493. The molecule has 0 saturated heterocycles. The minimum atomic E-state index is -0.467. The van der Waals surface area contributed by atoms with E-state index in [-0.39, 0.29) is 24.1 Å². The molecule has 1 aromatic heterocycles. The van der Waals surface area contributed by atoms with Gasteiger partial charge in [-0.15, -0.1) is 0 Å². The van der Waals surface area contributed by atoms with Crippen LogP contribution in [0.25, 0.3) is 0 Å². The standard InChI is InChI=1S/C27H45N2O4/c1-26(2,3)24(30)32-22-13-9-7-11-20(22)17-28-15-16-29(19-28)18-21-12-8-10-14-23(21)33-25(31)27(4,5)6/h15-16,19-23H,7-14,17-18H2,1-6H3/q+1. The molecular weight excluding hydrogens is 416 g/mol. The molecule has 6 nitrogen and oxygen atoms in total. The van der Waals surface area contributed by atoms with Crippen molar-refractivity contribution in [3.8, 4) is 0 Å². The summed E-state index contributed by atoms with van der Waals surface area (Å²) < 4.78 is 16.3. The molecule has 2 aliphatic carbocycles. The van der Waals surface area contributed by atoms with Gasteiger partial charge in [0.05, 0.1) is 23.9 Å². The Kier molecular flexibility index (Phi) is 8.28. The predicted molar refractivity (Wildman–Crippen MR) is 127 cm³/mol. The van der Waals surface area contributed by atoms with Gasteiger partial charge < -0.3 is 9.47 Å². The molecule has 0 amide bonds. The smallest absolute Gasteiger partial charge is 0.311 e. The first-order valence-electron chi connectivity index (χ1n) is 12.9. The molecule has 33 heavy (non-hydrogen) atoms. The molecule has 0 aromatic carbocycles. The normalized spacial score (nSPS) is 26.6. The number of nitrogens with zero attached hydrogens (tertiary/aromatic N) is 2. The van der Waals surface area contributed by atoms with Crippen LogP contribution in [0.15, 0.2) is 18.7 Å². The van der Waals surface area contributed by atoms with Crippen LogP contribution in [-0.2, 0) is 32.2 Å². The zero-order valence-electron chi connectivity index (χ0n) is 21.6. The third-order valence-electron chi connectivity index (χ3n) is 7.06. The molecule has 4 unspecified atom stereocenters. The molecule has 2 saturated carbocycles. The molecule has 4 atom stereocenters. The Hall–Kier alpha value is -1.85. The molecule has 0 N–H and O–H groups in total. The third-order valence-corrected chi connectivity index (χ3v) is 7.06. The van der Waals surface area contributed by atoms with Gasteiger partial charge in [-0.2, -0.15) is 0 Å². The van der Waals surface area contributed by atoms with Crippen molar-refractivity contribution in [2.45, 2.75) is 118 Å². The fourth-order valence-corrected chi connectivity index (χ4v) is 4.90. The van der Waals surface area contributed by atoms with E-state index >= 15 is 0 Å². The number of hydrogen-bond donors (Lipinski definition) is 0. The lowest BCUT2D eigenvalue weighted by Crippen LogP contribution is -2.43. The van der Waals surface area contributed by atoms with Gasteiger partial charge in [-0.3, -0.25) is 9.59 Å². The van der Waals surface area contributed by atoms with E-state index in [0.29, 0.717) is 11.8 Å². The minimum Gasteiger partial charge on any atom is -0.462 e. The van der Waals surface area contributed by atoms with Gasteiger partial charge in [-0.25, -0.2) is 9.13 Å². The number of aromatic nitrogens is 2. The second kappa shape index (κ2) is 10.6. The summed E-state index contributed by atoms with van der Waals surface area (Å²) in [4.78, 5) is 24.9. The van der Waals surface area contributed by atoms with Gasteiger partial charge in [0, 0.05) is 11.8 Å². The van der Waals surface area contributed by atoms with Gasteiger partial charge in [-0.05, 0) is 80.1 Å². The van der Waals surface area contributed by atoms with Crippen molar-refractivity contribution < 1.29 is 23.6 Å². The van der Waals surface area contributed by atoms with E-state index in [2.05, 4.69) is 27.9 Å². The van der Waals surface area contributed by atoms with Gasteiger partial charge in [0.15, 0.2) is 0 Å². The summed E-state index contributed by atoms with van der Waals surface area (Å²) >= 11 is 0. The molecule has 2 aliphatic rings. The maximum absolute atomic E-state index is 12.5. The number of ether oxygens (including phenoxy) is 2. The molecule has 0 spiro atoms. The molecule has 0 radical (unpaired) electrons. The quantitative estimate of drug-likeness (QED) is 0.438. The second-order valence-electron chi connectivity index (χ2n) is 12.3. The summed E-state index contributed by atoms with van der Waals surface area (Å²) in [6, 6.07) is 0. The molecule has 3 rings (SSSR count). The Morgan fingerprint density at radius 3 is 1.85 bits per heavy atom. The minimum absolute atomic E-state index is 0.000797. The van der Waals surface area contributed by atoms with E-state index in [9.17, 15) is 9.59 Å². The number of carbonyl (C=O) groups excluding carboxylic acids is 2. The van der Waals surface area contributed by atoms with E-state index < -0.39 is 10.8 Å². The molecular formula is C27H45N2O4+. The Labute approximate surface area is 200 Å². The number of hydrogen-bond acceptors (Lipinski definition) is 4. The number of imidazole rings is 1. The van der Waals surface area contributed by atoms with Gasteiger partial charge in [-0.1, -0.05) is 12.8 Å². The van der Waals surface area contributed by atoms with E-state index in [1.54, 1.807) is 0 Å². The Morgan fingerprint density at radius 2 is 1.30 bits per heavy atom. The lowest BCUT2D eigenvalue weighted by atomic mass is 9.85. The maximum atomic E-state index is 12.5. The van der Waals surface area contributed by atoms with Crippen LogP contribution in [0.5, 0.6) is 0 Å². The van der Waals surface area contributed by atoms with Gasteiger partial charge in [0.25, 0.3) is 0 Å². The monoisotopic (exact) mass is 461 g/mol. The number of rotatable bonds is 6. The van der Waals surface area contributed by atoms with Crippen molar-refractivity contribution in [3.05, 3.63) is 18.7 Å². The maximum Gasteiger partial charge on any atom is 0.311 e. The average molecular weight is 462 g/mol. The zero-order valence-corrected chi connectivity index (χ0v) is 21.6. The van der Waals surface area contributed by atoms with Crippen LogP contribution in [0.3, 0.4) is 0 Å². The lowest BCUT2D eigenvalue weighted by Gasteiger charge is -2.32. The molecule has 0 aliphatic heterocycles.